The summed E-state index contributed by atoms with van der Waals surface area (Å²) in [7, 11) is 1.95. The molecule has 5 nitrogen and oxygen atoms in total. The van der Waals surface area contributed by atoms with Crippen molar-refractivity contribution < 1.29 is 9.47 Å². The van der Waals surface area contributed by atoms with E-state index in [4.69, 9.17) is 15.2 Å². The van der Waals surface area contributed by atoms with Crippen molar-refractivity contribution in [3.63, 3.8) is 0 Å². The summed E-state index contributed by atoms with van der Waals surface area (Å²) in [5.74, 6) is 2.36. The molecule has 1 aromatic carbocycles. The molecule has 1 aliphatic heterocycles. The second-order valence-corrected chi connectivity index (χ2v) is 5.82. The minimum absolute atomic E-state index is 0.0512. The van der Waals surface area contributed by atoms with Crippen LogP contribution < -0.4 is 15.2 Å². The summed E-state index contributed by atoms with van der Waals surface area (Å²) < 4.78 is 12.6. The van der Waals surface area contributed by atoms with Gasteiger partial charge in [-0.15, -0.1) is 11.8 Å². The molecular formula is C14H17N3O2S. The van der Waals surface area contributed by atoms with Crippen molar-refractivity contribution in [1.82, 2.24) is 9.78 Å². The van der Waals surface area contributed by atoms with Crippen LogP contribution in [0.15, 0.2) is 29.3 Å². The zero-order valence-electron chi connectivity index (χ0n) is 11.5. The highest BCUT2D eigenvalue weighted by molar-refractivity contribution is 7.99. The van der Waals surface area contributed by atoms with Crippen LogP contribution in [-0.2, 0) is 7.05 Å². The number of fused-ring (bicyclic) bond motifs is 1. The van der Waals surface area contributed by atoms with Crippen LogP contribution >= 0.6 is 11.8 Å². The molecule has 0 bridgehead atoms. The Morgan fingerprint density at radius 2 is 2.15 bits per heavy atom. The first kappa shape index (κ1) is 13.3. The number of nitrogens with zero attached hydrogens (tertiary/aromatic N) is 2. The summed E-state index contributed by atoms with van der Waals surface area (Å²) in [5.41, 5.74) is 8.32. The molecule has 2 aromatic rings. The first-order chi connectivity index (χ1) is 9.63. The van der Waals surface area contributed by atoms with Gasteiger partial charge in [0.05, 0.1) is 10.7 Å². The average molecular weight is 291 g/mol. The SMILES string of the molecule is Cc1cc(SCC(N)c2ccc3c(c2)OCO3)n(C)n1. The van der Waals surface area contributed by atoms with Gasteiger partial charge in [0.1, 0.15) is 0 Å². The maximum Gasteiger partial charge on any atom is 0.231 e. The van der Waals surface area contributed by atoms with E-state index in [9.17, 15) is 0 Å². The third-order valence-corrected chi connectivity index (χ3v) is 4.40. The molecule has 2 N–H and O–H groups in total. The summed E-state index contributed by atoms with van der Waals surface area (Å²) in [6, 6.07) is 7.88. The molecule has 0 spiro atoms. The molecule has 0 radical (unpaired) electrons. The zero-order chi connectivity index (χ0) is 14.1. The lowest BCUT2D eigenvalue weighted by atomic mass is 10.1. The lowest BCUT2D eigenvalue weighted by molar-refractivity contribution is 0.174. The van der Waals surface area contributed by atoms with Gasteiger partial charge in [-0.3, -0.25) is 4.68 Å². The lowest BCUT2D eigenvalue weighted by Crippen LogP contribution is -2.13. The molecule has 1 aliphatic rings. The Bertz CT molecular complexity index is 627. The van der Waals surface area contributed by atoms with E-state index in [0.29, 0.717) is 0 Å². The fourth-order valence-corrected chi connectivity index (χ4v) is 3.16. The van der Waals surface area contributed by atoms with E-state index in [-0.39, 0.29) is 12.8 Å². The van der Waals surface area contributed by atoms with Crippen LogP contribution in [0.5, 0.6) is 11.5 Å². The van der Waals surface area contributed by atoms with Crippen LogP contribution in [-0.4, -0.2) is 22.3 Å². The maximum atomic E-state index is 6.25. The van der Waals surface area contributed by atoms with Crippen LogP contribution in [0.25, 0.3) is 0 Å². The van der Waals surface area contributed by atoms with E-state index in [2.05, 4.69) is 11.2 Å². The Morgan fingerprint density at radius 3 is 2.90 bits per heavy atom. The normalized spacial score (nSPS) is 14.6. The number of hydrogen-bond donors (Lipinski definition) is 1. The second kappa shape index (κ2) is 5.38. The number of ether oxygens (including phenoxy) is 2. The molecule has 3 rings (SSSR count). The Hall–Kier alpha value is -1.66. The monoisotopic (exact) mass is 291 g/mol. The van der Waals surface area contributed by atoms with E-state index >= 15 is 0 Å². The zero-order valence-corrected chi connectivity index (χ0v) is 12.3. The van der Waals surface area contributed by atoms with Crippen molar-refractivity contribution in [2.24, 2.45) is 12.8 Å². The average Bonchev–Trinajstić information content (AvgIpc) is 3.01. The molecule has 0 saturated heterocycles. The summed E-state index contributed by atoms with van der Waals surface area (Å²) in [5, 5.41) is 5.45. The Labute approximate surface area is 122 Å². The molecular weight excluding hydrogens is 274 g/mol. The van der Waals surface area contributed by atoms with E-state index in [1.54, 1.807) is 11.8 Å². The van der Waals surface area contributed by atoms with Crippen molar-refractivity contribution >= 4 is 11.8 Å². The first-order valence-corrected chi connectivity index (χ1v) is 7.40. The first-order valence-electron chi connectivity index (χ1n) is 6.42. The minimum Gasteiger partial charge on any atom is -0.454 e. The van der Waals surface area contributed by atoms with Gasteiger partial charge in [-0.1, -0.05) is 6.07 Å². The third-order valence-electron chi connectivity index (χ3n) is 3.19. The maximum absolute atomic E-state index is 6.25. The van der Waals surface area contributed by atoms with Crippen LogP contribution in [0.4, 0.5) is 0 Å². The van der Waals surface area contributed by atoms with Crippen LogP contribution in [0.1, 0.15) is 17.3 Å². The van der Waals surface area contributed by atoms with E-state index in [1.165, 1.54) is 0 Å². The number of aryl methyl sites for hydroxylation is 2. The molecule has 1 unspecified atom stereocenters. The van der Waals surface area contributed by atoms with Gasteiger partial charge in [0.2, 0.25) is 6.79 Å². The molecule has 1 aromatic heterocycles. The van der Waals surface area contributed by atoms with Crippen molar-refractivity contribution in [1.29, 1.82) is 0 Å². The molecule has 2 heterocycles. The standard InChI is InChI=1S/C14H17N3O2S/c1-9-5-14(17(2)16-9)20-7-11(15)10-3-4-12-13(6-10)19-8-18-12/h3-6,11H,7-8,15H2,1-2H3. The second-order valence-electron chi connectivity index (χ2n) is 4.78. The van der Waals surface area contributed by atoms with Gasteiger partial charge in [0.15, 0.2) is 11.5 Å². The highest BCUT2D eigenvalue weighted by Crippen LogP contribution is 2.34. The molecule has 0 saturated carbocycles. The highest BCUT2D eigenvalue weighted by atomic mass is 32.2. The Kier molecular flexibility index (Phi) is 3.58. The Balaban J connectivity index is 1.67. The number of rotatable bonds is 4. The number of nitrogens with two attached hydrogens (primary N) is 1. The number of benzene rings is 1. The van der Waals surface area contributed by atoms with E-state index in [1.807, 2.05) is 36.9 Å². The highest BCUT2D eigenvalue weighted by Gasteiger charge is 2.16. The van der Waals surface area contributed by atoms with E-state index in [0.717, 1.165) is 33.5 Å². The van der Waals surface area contributed by atoms with Gasteiger partial charge < -0.3 is 15.2 Å². The van der Waals surface area contributed by atoms with Gasteiger partial charge in [0, 0.05) is 18.8 Å². The predicted octanol–water partition coefficient (Wildman–Crippen LogP) is 2.25. The summed E-state index contributed by atoms with van der Waals surface area (Å²) in [4.78, 5) is 0. The summed E-state index contributed by atoms with van der Waals surface area (Å²) in [6.07, 6.45) is 0. The third kappa shape index (κ3) is 2.62. The Morgan fingerprint density at radius 1 is 1.35 bits per heavy atom. The number of thioether (sulfide) groups is 1. The predicted molar refractivity (Wildman–Crippen MR) is 78.2 cm³/mol. The number of aromatic nitrogens is 2. The molecule has 0 fully saturated rings. The lowest BCUT2D eigenvalue weighted by Gasteiger charge is -2.12. The molecule has 0 aliphatic carbocycles. The fraction of sp³-hybridized carbons (Fsp3) is 0.357. The number of hydrogen-bond acceptors (Lipinski definition) is 5. The topological polar surface area (TPSA) is 62.3 Å². The molecule has 20 heavy (non-hydrogen) atoms. The fourth-order valence-electron chi connectivity index (χ4n) is 2.14. The van der Waals surface area contributed by atoms with Gasteiger partial charge in [-0.25, -0.2) is 0 Å². The van der Waals surface area contributed by atoms with Crippen LogP contribution in [0, 0.1) is 6.92 Å². The van der Waals surface area contributed by atoms with Gasteiger partial charge in [-0.05, 0) is 30.7 Å². The quantitative estimate of drug-likeness (QED) is 0.875. The van der Waals surface area contributed by atoms with Gasteiger partial charge >= 0.3 is 0 Å². The van der Waals surface area contributed by atoms with E-state index < -0.39 is 0 Å². The van der Waals surface area contributed by atoms with Crippen molar-refractivity contribution in [3.8, 4) is 11.5 Å². The van der Waals surface area contributed by atoms with Crippen molar-refractivity contribution in [3.05, 3.63) is 35.5 Å². The molecule has 106 valence electrons. The van der Waals surface area contributed by atoms with Crippen LogP contribution in [0.3, 0.4) is 0 Å². The van der Waals surface area contributed by atoms with Crippen molar-refractivity contribution in [2.75, 3.05) is 12.5 Å². The molecule has 0 amide bonds. The molecule has 1 atom stereocenters. The summed E-state index contributed by atoms with van der Waals surface area (Å²) in [6.45, 7) is 2.28. The minimum atomic E-state index is -0.0512. The van der Waals surface area contributed by atoms with Gasteiger partial charge in [0.25, 0.3) is 0 Å². The summed E-state index contributed by atoms with van der Waals surface area (Å²) >= 11 is 1.71. The van der Waals surface area contributed by atoms with Gasteiger partial charge in [-0.2, -0.15) is 5.10 Å². The molecule has 6 heteroatoms. The smallest absolute Gasteiger partial charge is 0.231 e. The van der Waals surface area contributed by atoms with Crippen LogP contribution in [0.2, 0.25) is 0 Å². The largest absolute Gasteiger partial charge is 0.454 e. The van der Waals surface area contributed by atoms with Crippen molar-refractivity contribution in [2.45, 2.75) is 18.0 Å².